The lowest BCUT2D eigenvalue weighted by Crippen LogP contribution is -2.08. The van der Waals surface area contributed by atoms with Crippen molar-refractivity contribution in [2.24, 2.45) is 0 Å². The largest absolute Gasteiger partial charge is 0.306 e. The van der Waals surface area contributed by atoms with Crippen LogP contribution in [0.15, 0.2) is 72.8 Å². The second-order valence-corrected chi connectivity index (χ2v) is 5.15. The van der Waals surface area contributed by atoms with Gasteiger partial charge in [0.2, 0.25) is 5.91 Å². The van der Waals surface area contributed by atoms with E-state index in [0.717, 1.165) is 16.9 Å². The van der Waals surface area contributed by atoms with Crippen LogP contribution >= 0.6 is 0 Å². The minimum absolute atomic E-state index is 0.202. The van der Waals surface area contributed by atoms with Gasteiger partial charge in [-0.15, -0.1) is 5.10 Å². The van der Waals surface area contributed by atoms with Gasteiger partial charge in [0, 0.05) is 17.8 Å². The zero-order valence-electron chi connectivity index (χ0n) is 12.8. The molecule has 0 unspecified atom stereocenters. The fourth-order valence-corrected chi connectivity index (χ4v) is 2.27. The van der Waals surface area contributed by atoms with Crippen molar-refractivity contribution in [2.45, 2.75) is 6.92 Å². The maximum absolute atomic E-state index is 12.0. The quantitative estimate of drug-likeness (QED) is 0.745. The first-order valence-electron chi connectivity index (χ1n) is 7.38. The lowest BCUT2D eigenvalue weighted by Gasteiger charge is -2.02. The smallest absolute Gasteiger partial charge is 0.249 e. The van der Waals surface area contributed by atoms with E-state index in [-0.39, 0.29) is 5.91 Å². The maximum Gasteiger partial charge on any atom is 0.249 e. The minimum atomic E-state index is -0.202. The van der Waals surface area contributed by atoms with Crippen LogP contribution in [0.4, 0.5) is 5.82 Å². The minimum Gasteiger partial charge on any atom is -0.306 e. The number of anilines is 1. The number of carbonyl (C=O) groups excluding carboxylic acids is 1. The van der Waals surface area contributed by atoms with Crippen molar-refractivity contribution in [3.05, 3.63) is 84.1 Å². The standard InChI is InChI=1S/C19H17N3O/c1-15-14-18(21-22(15)17-10-6-3-7-11-17)20-19(23)13-12-16-8-4-2-5-9-16/h2-14H,1H3,(H,20,21,23)/b13-12+. The summed E-state index contributed by atoms with van der Waals surface area (Å²) < 4.78 is 1.80. The number of nitrogens with zero attached hydrogens (tertiary/aromatic N) is 2. The number of amides is 1. The molecule has 4 nitrogen and oxygen atoms in total. The van der Waals surface area contributed by atoms with Crippen LogP contribution in [0.1, 0.15) is 11.3 Å². The van der Waals surface area contributed by atoms with Gasteiger partial charge in [-0.2, -0.15) is 0 Å². The van der Waals surface area contributed by atoms with Crippen molar-refractivity contribution in [3.8, 4) is 5.69 Å². The molecule has 0 aliphatic carbocycles. The fraction of sp³-hybridized carbons (Fsp3) is 0.0526. The average Bonchev–Trinajstić information content (AvgIpc) is 2.95. The van der Waals surface area contributed by atoms with Gasteiger partial charge in [-0.05, 0) is 30.7 Å². The Morgan fingerprint density at radius 3 is 2.39 bits per heavy atom. The average molecular weight is 303 g/mol. The maximum atomic E-state index is 12.0. The molecule has 1 heterocycles. The molecular formula is C19H17N3O. The zero-order valence-corrected chi connectivity index (χ0v) is 12.8. The second kappa shape index (κ2) is 6.75. The lowest BCUT2D eigenvalue weighted by molar-refractivity contribution is -0.111. The number of aryl methyl sites for hydroxylation is 1. The number of benzene rings is 2. The summed E-state index contributed by atoms with van der Waals surface area (Å²) in [5, 5.41) is 7.21. The highest BCUT2D eigenvalue weighted by Gasteiger charge is 2.07. The van der Waals surface area contributed by atoms with Crippen LogP contribution in [0, 0.1) is 6.92 Å². The van der Waals surface area contributed by atoms with Crippen LogP contribution in [0.5, 0.6) is 0 Å². The molecule has 114 valence electrons. The first kappa shape index (κ1) is 14.8. The molecule has 3 aromatic rings. The normalized spacial score (nSPS) is 10.8. The summed E-state index contributed by atoms with van der Waals surface area (Å²) in [5.41, 5.74) is 2.90. The molecule has 0 spiro atoms. The first-order valence-corrected chi connectivity index (χ1v) is 7.38. The van der Waals surface area contributed by atoms with Crippen molar-refractivity contribution in [1.29, 1.82) is 0 Å². The van der Waals surface area contributed by atoms with Gasteiger partial charge < -0.3 is 5.32 Å². The Kier molecular flexibility index (Phi) is 4.34. The zero-order chi connectivity index (χ0) is 16.1. The van der Waals surface area contributed by atoms with Crippen LogP contribution in [-0.4, -0.2) is 15.7 Å². The summed E-state index contributed by atoms with van der Waals surface area (Å²) in [6.07, 6.45) is 3.28. The van der Waals surface area contributed by atoms with E-state index in [4.69, 9.17) is 0 Å². The van der Waals surface area contributed by atoms with Crippen LogP contribution in [-0.2, 0) is 4.79 Å². The molecule has 23 heavy (non-hydrogen) atoms. The fourth-order valence-electron chi connectivity index (χ4n) is 2.27. The van der Waals surface area contributed by atoms with E-state index in [1.165, 1.54) is 6.08 Å². The van der Waals surface area contributed by atoms with Crippen LogP contribution in [0.2, 0.25) is 0 Å². The van der Waals surface area contributed by atoms with Gasteiger partial charge in [-0.3, -0.25) is 4.79 Å². The van der Waals surface area contributed by atoms with Crippen molar-refractivity contribution in [1.82, 2.24) is 9.78 Å². The van der Waals surface area contributed by atoms with Gasteiger partial charge in [-0.1, -0.05) is 48.5 Å². The van der Waals surface area contributed by atoms with E-state index in [1.54, 1.807) is 10.8 Å². The second-order valence-electron chi connectivity index (χ2n) is 5.15. The van der Waals surface area contributed by atoms with Crippen LogP contribution in [0.25, 0.3) is 11.8 Å². The molecule has 0 aliphatic rings. The summed E-state index contributed by atoms with van der Waals surface area (Å²) in [6.45, 7) is 1.95. The molecule has 0 radical (unpaired) electrons. The number of aromatic nitrogens is 2. The Bertz CT molecular complexity index is 820. The predicted octanol–water partition coefficient (Wildman–Crippen LogP) is 3.83. The van der Waals surface area contributed by atoms with E-state index in [9.17, 15) is 4.79 Å². The van der Waals surface area contributed by atoms with E-state index in [2.05, 4.69) is 10.4 Å². The van der Waals surface area contributed by atoms with Crippen molar-refractivity contribution in [2.75, 3.05) is 5.32 Å². The number of hydrogen-bond donors (Lipinski definition) is 1. The number of hydrogen-bond acceptors (Lipinski definition) is 2. The molecule has 0 atom stereocenters. The summed E-state index contributed by atoms with van der Waals surface area (Å²) >= 11 is 0. The Balaban J connectivity index is 1.71. The Hall–Kier alpha value is -3.14. The van der Waals surface area contributed by atoms with Gasteiger partial charge in [-0.25, -0.2) is 4.68 Å². The highest BCUT2D eigenvalue weighted by atomic mass is 16.1. The SMILES string of the molecule is Cc1cc(NC(=O)/C=C/c2ccccc2)nn1-c1ccccc1. The molecule has 0 saturated heterocycles. The molecule has 0 saturated carbocycles. The third-order valence-corrected chi connectivity index (χ3v) is 3.37. The molecule has 1 N–H and O–H groups in total. The third-order valence-electron chi connectivity index (χ3n) is 3.37. The summed E-state index contributed by atoms with van der Waals surface area (Å²) in [7, 11) is 0. The van der Waals surface area contributed by atoms with E-state index in [0.29, 0.717) is 5.82 Å². The van der Waals surface area contributed by atoms with Crippen molar-refractivity contribution < 1.29 is 4.79 Å². The number of carbonyl (C=O) groups is 1. The molecule has 4 heteroatoms. The Labute approximate surface area is 135 Å². The highest BCUT2D eigenvalue weighted by Crippen LogP contribution is 2.14. The van der Waals surface area contributed by atoms with Gasteiger partial charge in [0.1, 0.15) is 0 Å². The van der Waals surface area contributed by atoms with Crippen LogP contribution in [0.3, 0.4) is 0 Å². The predicted molar refractivity (Wildman–Crippen MR) is 92.4 cm³/mol. The van der Waals surface area contributed by atoms with Gasteiger partial charge in [0.05, 0.1) is 5.69 Å². The summed E-state index contributed by atoms with van der Waals surface area (Å²) in [4.78, 5) is 12.0. The summed E-state index contributed by atoms with van der Waals surface area (Å²) in [5.74, 6) is 0.334. The van der Waals surface area contributed by atoms with E-state index in [1.807, 2.05) is 73.7 Å². The highest BCUT2D eigenvalue weighted by molar-refractivity contribution is 6.01. The number of rotatable bonds is 4. The molecule has 1 amide bonds. The Morgan fingerprint density at radius 1 is 1.04 bits per heavy atom. The molecule has 3 rings (SSSR count). The first-order chi connectivity index (χ1) is 11.2. The topological polar surface area (TPSA) is 46.9 Å². The van der Waals surface area contributed by atoms with E-state index >= 15 is 0 Å². The summed E-state index contributed by atoms with van der Waals surface area (Å²) in [6, 6.07) is 21.4. The van der Waals surface area contributed by atoms with E-state index < -0.39 is 0 Å². The number of para-hydroxylation sites is 1. The van der Waals surface area contributed by atoms with Crippen LogP contribution < -0.4 is 5.32 Å². The monoisotopic (exact) mass is 303 g/mol. The molecular weight excluding hydrogens is 286 g/mol. The van der Waals surface area contributed by atoms with Gasteiger partial charge in [0.25, 0.3) is 0 Å². The molecule has 0 fully saturated rings. The molecule has 1 aromatic heterocycles. The Morgan fingerprint density at radius 2 is 1.70 bits per heavy atom. The molecule has 0 aliphatic heterocycles. The molecule has 2 aromatic carbocycles. The third kappa shape index (κ3) is 3.74. The molecule has 0 bridgehead atoms. The van der Waals surface area contributed by atoms with Crippen molar-refractivity contribution >= 4 is 17.8 Å². The lowest BCUT2D eigenvalue weighted by atomic mass is 10.2. The van der Waals surface area contributed by atoms with Crippen molar-refractivity contribution in [3.63, 3.8) is 0 Å². The number of nitrogens with one attached hydrogen (secondary N) is 1. The van der Waals surface area contributed by atoms with Gasteiger partial charge in [0.15, 0.2) is 5.82 Å². The van der Waals surface area contributed by atoms with Gasteiger partial charge >= 0.3 is 0 Å².